The average Bonchev–Trinajstić information content (AvgIpc) is 1.17. The van der Waals surface area contributed by atoms with Gasteiger partial charge in [0.05, 0.1) is 38.8 Å². The van der Waals surface area contributed by atoms with Gasteiger partial charge in [0, 0.05) is 125 Å². The number of rotatable bonds is 30. The molecule has 5 aromatic carbocycles. The van der Waals surface area contributed by atoms with Crippen LogP contribution in [-0.4, -0.2) is 210 Å². The Morgan fingerprint density at radius 2 is 1.46 bits per heavy atom. The van der Waals surface area contributed by atoms with Gasteiger partial charge in [0.2, 0.25) is 23.6 Å². The van der Waals surface area contributed by atoms with Crippen LogP contribution in [0.25, 0.3) is 16.0 Å². The summed E-state index contributed by atoms with van der Waals surface area (Å²) in [6.45, 7) is 19.0. The fraction of sp³-hybridized carbons (Fsp3) is 0.481. The van der Waals surface area contributed by atoms with Crippen molar-refractivity contribution in [3.63, 3.8) is 0 Å². The van der Waals surface area contributed by atoms with Crippen molar-refractivity contribution in [1.82, 2.24) is 39.9 Å². The molecule has 0 spiro atoms. The summed E-state index contributed by atoms with van der Waals surface area (Å²) in [7, 11) is -11.1. The highest BCUT2D eigenvalue weighted by Gasteiger charge is 2.49. The first-order valence-electron chi connectivity index (χ1n) is 36.0. The lowest BCUT2D eigenvalue weighted by molar-refractivity contribution is -0.144. The molecular weight excluding hydrogens is 1480 g/mol. The second-order valence-electron chi connectivity index (χ2n) is 29.6. The van der Waals surface area contributed by atoms with Gasteiger partial charge < -0.3 is 45.2 Å². The SMILES string of the molecule is Cc1ncsc1-c1ccc(C(C)NC(=O)C2CC(O)CN2C(=O)C(NC(=O)COCCCOCC(=O)N2CCN(CCC(CSc3ccccc3)Nc3ccc(S(=O)(=O)NC(=O)c4ccc(N5CCN(CC6=C(c7ccc(Cl)cc7)CCC(C)(C)C6)CC5)cc4)cc3S(=O)(=O)C(F)(F)F)CC2)C(C)(C)C)cc1. The number of nitrogens with zero attached hydrogens (tertiary/aromatic N) is 6. The Bertz CT molecular complexity index is 4340. The minimum atomic E-state index is -6.19. The topological polar surface area (TPSA) is 270 Å². The molecule has 30 heteroatoms. The number of sulfone groups is 1. The number of ether oxygens (including phenoxy) is 2. The third-order valence-electron chi connectivity index (χ3n) is 19.9. The molecule has 0 bridgehead atoms. The highest BCUT2D eigenvalue weighted by molar-refractivity contribution is 7.99. The fourth-order valence-electron chi connectivity index (χ4n) is 13.8. The van der Waals surface area contributed by atoms with E-state index in [2.05, 4.69) is 61.6 Å². The Morgan fingerprint density at radius 3 is 2.10 bits per heavy atom. The van der Waals surface area contributed by atoms with Crippen LogP contribution >= 0.6 is 34.7 Å². The minimum absolute atomic E-state index is 0.0301. The van der Waals surface area contributed by atoms with Gasteiger partial charge in [-0.1, -0.05) is 106 Å². The monoisotopic (exact) mass is 1570 g/mol. The van der Waals surface area contributed by atoms with Gasteiger partial charge in [-0.15, -0.1) is 23.1 Å². The summed E-state index contributed by atoms with van der Waals surface area (Å²) in [5, 5.41) is 20.2. The zero-order chi connectivity index (χ0) is 77.0. The third kappa shape index (κ3) is 22.0. The number of carbonyl (C=O) groups excluding carboxylic acids is 5. The molecule has 5 amide bonds. The molecule has 10 rings (SSSR count). The molecular formula is C77H96ClF3N10O12S4. The molecule has 5 atom stereocenters. The molecule has 3 saturated heterocycles. The smallest absolute Gasteiger partial charge is 0.391 e. The first-order valence-corrected chi connectivity index (χ1v) is 41.2. The predicted octanol–water partition coefficient (Wildman–Crippen LogP) is 10.9. The Labute approximate surface area is 638 Å². The van der Waals surface area contributed by atoms with E-state index >= 15 is 0 Å². The lowest BCUT2D eigenvalue weighted by atomic mass is 9.73. The second-order valence-corrected chi connectivity index (χ2v) is 35.6. The number of aliphatic hydroxyl groups is 1. The summed E-state index contributed by atoms with van der Waals surface area (Å²) in [6.07, 6.45) is 2.77. The molecule has 578 valence electrons. The first-order chi connectivity index (χ1) is 50.7. The maximum absolute atomic E-state index is 14.6. The van der Waals surface area contributed by atoms with Crippen molar-refractivity contribution in [2.45, 2.75) is 137 Å². The molecule has 1 aromatic heterocycles. The van der Waals surface area contributed by atoms with Gasteiger partial charge in [0.1, 0.15) is 30.2 Å². The van der Waals surface area contributed by atoms with E-state index in [9.17, 15) is 59.1 Å². The van der Waals surface area contributed by atoms with Crippen LogP contribution in [0.2, 0.25) is 5.02 Å². The van der Waals surface area contributed by atoms with E-state index in [1.807, 2.05) is 85.3 Å². The van der Waals surface area contributed by atoms with Gasteiger partial charge in [-0.2, -0.15) is 13.2 Å². The number of thioether (sulfide) groups is 1. The van der Waals surface area contributed by atoms with Crippen LogP contribution in [-0.2, 0) is 48.5 Å². The third-order valence-corrected chi connectivity index (χ3v) is 25.2. The molecule has 5 N–H and O–H groups in total. The number of carbonyl (C=O) groups is 5. The first kappa shape index (κ1) is 82.1. The molecule has 3 fully saturated rings. The summed E-state index contributed by atoms with van der Waals surface area (Å²) >= 11 is 9.15. The normalized spacial score (nSPS) is 18.6. The van der Waals surface area contributed by atoms with Crippen molar-refractivity contribution >= 4 is 101 Å². The standard InChI is InChI=1S/C77H96ClF3N10O12S4/c1-51(53-14-16-55(17-15-53)70-52(2)82-50-105-70)83-73(96)66-42-61(92)46-91(66)74(97)71(75(3,4)5)85-68(93)47-102-40-11-41-103-48-69(94)90-38-32-87(33-39-90)31-29-59(49-104-62-12-9-8-10-13-62)84-65-27-26-63(43-67(65)106(98,99)77(79,80)81)107(100,101)86-72(95)56-20-24-60(25-21-56)89-36-34-88(35-37-89)45-57-44-76(6,7)30-28-64(57)54-18-22-58(78)23-19-54/h8-10,12-27,43,50-51,59,61,66,71,84,92H,11,28-42,44-49H2,1-7H3,(H,83,96)(H,85,93)(H,86,95). The van der Waals surface area contributed by atoms with Crippen LogP contribution in [0.3, 0.4) is 0 Å². The molecule has 0 saturated carbocycles. The number of anilines is 2. The van der Waals surface area contributed by atoms with Crippen molar-refractivity contribution < 1.29 is 68.6 Å². The summed E-state index contributed by atoms with van der Waals surface area (Å²) in [4.78, 5) is 81.8. The summed E-state index contributed by atoms with van der Waals surface area (Å²) < 4.78 is 112. The molecule has 0 radical (unpaired) electrons. The number of likely N-dealkylation sites (tertiary alicyclic amines) is 1. The van der Waals surface area contributed by atoms with E-state index in [1.165, 1.54) is 45.5 Å². The number of halogens is 4. The Hall–Kier alpha value is -7.45. The number of aliphatic hydroxyl groups excluding tert-OH is 1. The largest absolute Gasteiger partial charge is 0.501 e. The maximum atomic E-state index is 14.6. The number of alkyl halides is 3. The number of amides is 5. The Balaban J connectivity index is 0.669. The zero-order valence-electron chi connectivity index (χ0n) is 61.3. The maximum Gasteiger partial charge on any atom is 0.501 e. The van der Waals surface area contributed by atoms with E-state index in [-0.39, 0.29) is 68.5 Å². The molecule has 4 aliphatic rings. The van der Waals surface area contributed by atoms with Gasteiger partial charge in [-0.3, -0.25) is 33.8 Å². The molecule has 3 aliphatic heterocycles. The second kappa shape index (κ2) is 35.9. The molecule has 107 heavy (non-hydrogen) atoms. The number of hydrogen-bond donors (Lipinski definition) is 5. The number of sulfonamides is 1. The number of allylic oxidation sites excluding steroid dienone is 1. The number of aromatic nitrogens is 1. The summed E-state index contributed by atoms with van der Waals surface area (Å²) in [5.74, 6) is -2.59. The van der Waals surface area contributed by atoms with Gasteiger partial charge in [0.15, 0.2) is 0 Å². The number of β-amino-alcohol motifs (C(OH)–C–C–N with tert-alkyl or cyclic N) is 1. The van der Waals surface area contributed by atoms with Crippen molar-refractivity contribution in [3.8, 4) is 10.4 Å². The van der Waals surface area contributed by atoms with Gasteiger partial charge in [-0.25, -0.2) is 26.5 Å². The Kier molecular flexibility index (Phi) is 27.6. The van der Waals surface area contributed by atoms with Crippen molar-refractivity contribution in [2.24, 2.45) is 10.8 Å². The number of nitrogens with one attached hydrogen (secondary N) is 4. The molecule has 6 aromatic rings. The molecule has 22 nitrogen and oxygen atoms in total. The van der Waals surface area contributed by atoms with Crippen molar-refractivity contribution in [3.05, 3.63) is 160 Å². The zero-order valence-corrected chi connectivity index (χ0v) is 65.4. The summed E-state index contributed by atoms with van der Waals surface area (Å²) in [5.41, 5.74) is 2.41. The van der Waals surface area contributed by atoms with Gasteiger partial charge in [-0.05, 0) is 146 Å². The average molecular weight is 1570 g/mol. The van der Waals surface area contributed by atoms with Crippen LogP contribution < -0.4 is 25.6 Å². The van der Waals surface area contributed by atoms with Crippen LogP contribution in [0.5, 0.6) is 0 Å². The number of hydrogen-bond acceptors (Lipinski definition) is 19. The number of benzene rings is 5. The van der Waals surface area contributed by atoms with Crippen molar-refractivity contribution in [1.29, 1.82) is 0 Å². The van der Waals surface area contributed by atoms with E-state index < -0.39 is 100 Å². The number of aryl methyl sites for hydroxylation is 1. The predicted molar refractivity (Wildman–Crippen MR) is 410 cm³/mol. The molecule has 5 unspecified atom stereocenters. The van der Waals surface area contributed by atoms with Gasteiger partial charge in [0.25, 0.3) is 25.8 Å². The van der Waals surface area contributed by atoms with E-state index in [4.69, 9.17) is 21.1 Å². The summed E-state index contributed by atoms with van der Waals surface area (Å²) in [6, 6.07) is 30.5. The quantitative estimate of drug-likeness (QED) is 0.0207. The van der Waals surface area contributed by atoms with Crippen LogP contribution in [0, 0.1) is 17.8 Å². The van der Waals surface area contributed by atoms with Crippen LogP contribution in [0.15, 0.2) is 147 Å². The van der Waals surface area contributed by atoms with E-state index in [0.29, 0.717) is 63.3 Å². The number of piperazine rings is 2. The number of thiazole rings is 1. The molecule has 1 aliphatic carbocycles. The lowest BCUT2D eigenvalue weighted by Gasteiger charge is -2.39. The minimum Gasteiger partial charge on any atom is -0.391 e. The lowest BCUT2D eigenvalue weighted by Crippen LogP contribution is -2.58. The highest BCUT2D eigenvalue weighted by atomic mass is 35.5. The molecule has 4 heterocycles. The van der Waals surface area contributed by atoms with Crippen molar-refractivity contribution in [2.75, 3.05) is 114 Å². The van der Waals surface area contributed by atoms with Gasteiger partial charge >= 0.3 is 5.51 Å². The Morgan fingerprint density at radius 1 is 0.804 bits per heavy atom. The highest BCUT2D eigenvalue weighted by Crippen LogP contribution is 2.44. The van der Waals surface area contributed by atoms with Crippen LogP contribution in [0.1, 0.15) is 113 Å². The fourth-order valence-corrected chi connectivity index (χ4v) is 17.7. The van der Waals surface area contributed by atoms with E-state index in [1.54, 1.807) is 54.7 Å². The van der Waals surface area contributed by atoms with Crippen LogP contribution in [0.4, 0.5) is 24.5 Å². The van der Waals surface area contributed by atoms with E-state index in [0.717, 1.165) is 83.3 Å².